The minimum absolute atomic E-state index is 0.0276. The largest absolute Gasteiger partial charge is 0.508 e. The summed E-state index contributed by atoms with van der Waals surface area (Å²) in [5.74, 6) is -1.61. The summed E-state index contributed by atoms with van der Waals surface area (Å²) in [6.45, 7) is 0.0276. The molecule has 6 aromatic rings. The summed E-state index contributed by atoms with van der Waals surface area (Å²) >= 11 is 0. The second-order valence-corrected chi connectivity index (χ2v) is 11.8. The van der Waals surface area contributed by atoms with Gasteiger partial charge in [-0.3, -0.25) is 9.59 Å². The van der Waals surface area contributed by atoms with Crippen LogP contribution < -0.4 is 16.4 Å². The number of ether oxygens (including phenoxy) is 1. The number of phenols is 1. The first-order chi connectivity index (χ1) is 23.3. The molecule has 10 heteroatoms. The molecule has 48 heavy (non-hydrogen) atoms. The van der Waals surface area contributed by atoms with Crippen molar-refractivity contribution in [1.82, 2.24) is 20.6 Å². The summed E-state index contributed by atoms with van der Waals surface area (Å²) < 4.78 is 5.63. The molecule has 0 aliphatic rings. The molecule has 0 spiro atoms. The lowest BCUT2D eigenvalue weighted by Gasteiger charge is -2.24. The van der Waals surface area contributed by atoms with Crippen molar-refractivity contribution in [1.29, 1.82) is 0 Å². The van der Waals surface area contributed by atoms with Crippen LogP contribution in [0.1, 0.15) is 22.3 Å². The number of esters is 1. The molecule has 0 aliphatic heterocycles. The fourth-order valence-corrected chi connectivity index (χ4v) is 5.80. The summed E-state index contributed by atoms with van der Waals surface area (Å²) in [6.07, 6.45) is 4.15. The third-order valence-electron chi connectivity index (χ3n) is 8.38. The number of para-hydroxylation sites is 2. The van der Waals surface area contributed by atoms with E-state index in [-0.39, 0.29) is 31.6 Å². The van der Waals surface area contributed by atoms with Gasteiger partial charge in [0.15, 0.2) is 0 Å². The second kappa shape index (κ2) is 14.7. The molecular formula is C38H37N5O5. The molecule has 10 nitrogen and oxygen atoms in total. The van der Waals surface area contributed by atoms with Gasteiger partial charge in [0.25, 0.3) is 0 Å². The van der Waals surface area contributed by atoms with Crippen LogP contribution >= 0.6 is 0 Å². The van der Waals surface area contributed by atoms with Crippen molar-refractivity contribution in [2.45, 2.75) is 44.0 Å². The van der Waals surface area contributed by atoms with Crippen molar-refractivity contribution >= 4 is 39.6 Å². The Balaban J connectivity index is 1.23. The minimum atomic E-state index is -1.08. The predicted molar refractivity (Wildman–Crippen MR) is 184 cm³/mol. The number of nitrogens with two attached hydrogens (primary N) is 1. The Morgan fingerprint density at radius 1 is 0.646 bits per heavy atom. The van der Waals surface area contributed by atoms with Crippen LogP contribution in [0.4, 0.5) is 0 Å². The lowest BCUT2D eigenvalue weighted by Crippen LogP contribution is -2.56. The number of aromatic hydroxyl groups is 1. The SMILES string of the molecule is NC(Cc1c[nH]c2ccccc12)C(=O)NC(Cc1c[nH]c2ccccc12)C(=O)NC(Cc1ccc(O)cc1)C(=O)OCc1ccccc1. The molecule has 0 saturated heterocycles. The molecule has 3 atom stereocenters. The van der Waals surface area contributed by atoms with Crippen LogP contribution in [0.2, 0.25) is 0 Å². The van der Waals surface area contributed by atoms with Crippen LogP contribution in [0.3, 0.4) is 0 Å². The number of fused-ring (bicyclic) bond motifs is 2. The average molecular weight is 644 g/mol. The maximum absolute atomic E-state index is 14.1. The zero-order valence-corrected chi connectivity index (χ0v) is 26.2. The number of amides is 2. The van der Waals surface area contributed by atoms with Crippen LogP contribution in [-0.4, -0.2) is 51.0 Å². The van der Waals surface area contributed by atoms with Gasteiger partial charge in [0, 0.05) is 47.0 Å². The fraction of sp³-hybridized carbons (Fsp3) is 0.184. The minimum Gasteiger partial charge on any atom is -0.508 e. The van der Waals surface area contributed by atoms with E-state index >= 15 is 0 Å². The lowest BCUT2D eigenvalue weighted by atomic mass is 10.0. The van der Waals surface area contributed by atoms with Gasteiger partial charge in [-0.2, -0.15) is 0 Å². The number of benzene rings is 4. The van der Waals surface area contributed by atoms with Crippen LogP contribution in [0.25, 0.3) is 21.8 Å². The molecule has 2 aromatic heterocycles. The topological polar surface area (TPSA) is 162 Å². The maximum Gasteiger partial charge on any atom is 0.329 e. The summed E-state index contributed by atoms with van der Waals surface area (Å²) in [7, 11) is 0. The molecule has 244 valence electrons. The molecule has 6 rings (SSSR count). The predicted octanol–water partition coefficient (Wildman–Crippen LogP) is 4.42. The molecule has 2 heterocycles. The highest BCUT2D eigenvalue weighted by atomic mass is 16.5. The number of nitrogens with one attached hydrogen (secondary N) is 4. The van der Waals surface area contributed by atoms with Gasteiger partial charge in [-0.05, 0) is 52.9 Å². The Morgan fingerprint density at radius 2 is 1.21 bits per heavy atom. The molecular weight excluding hydrogens is 606 g/mol. The Bertz CT molecular complexity index is 2020. The smallest absolute Gasteiger partial charge is 0.329 e. The molecule has 0 fully saturated rings. The highest BCUT2D eigenvalue weighted by Gasteiger charge is 2.30. The average Bonchev–Trinajstić information content (AvgIpc) is 3.71. The number of rotatable bonds is 13. The third-order valence-corrected chi connectivity index (χ3v) is 8.38. The molecule has 0 aliphatic carbocycles. The van der Waals surface area contributed by atoms with E-state index in [1.807, 2.05) is 91.3 Å². The zero-order valence-electron chi connectivity index (χ0n) is 26.2. The number of aromatic nitrogens is 2. The van der Waals surface area contributed by atoms with E-state index in [0.29, 0.717) is 5.56 Å². The number of carbonyl (C=O) groups is 3. The fourth-order valence-electron chi connectivity index (χ4n) is 5.80. The normalized spacial score (nSPS) is 13.1. The van der Waals surface area contributed by atoms with Crippen molar-refractivity contribution in [2.24, 2.45) is 5.73 Å². The van der Waals surface area contributed by atoms with Crippen molar-refractivity contribution in [3.05, 3.63) is 138 Å². The van der Waals surface area contributed by atoms with Gasteiger partial charge in [0.05, 0.1) is 6.04 Å². The van der Waals surface area contributed by atoms with Gasteiger partial charge in [-0.25, -0.2) is 4.79 Å². The van der Waals surface area contributed by atoms with Crippen LogP contribution in [0.5, 0.6) is 5.75 Å². The molecule has 3 unspecified atom stereocenters. The van der Waals surface area contributed by atoms with Gasteiger partial charge in [0.2, 0.25) is 11.8 Å². The number of carbonyl (C=O) groups excluding carboxylic acids is 3. The van der Waals surface area contributed by atoms with E-state index in [1.54, 1.807) is 12.1 Å². The van der Waals surface area contributed by atoms with E-state index in [4.69, 9.17) is 10.5 Å². The van der Waals surface area contributed by atoms with Crippen molar-refractivity contribution in [2.75, 3.05) is 0 Å². The lowest BCUT2D eigenvalue weighted by molar-refractivity contribution is -0.149. The molecule has 0 radical (unpaired) electrons. The maximum atomic E-state index is 14.1. The van der Waals surface area contributed by atoms with Crippen molar-refractivity contribution in [3.63, 3.8) is 0 Å². The van der Waals surface area contributed by atoms with E-state index in [2.05, 4.69) is 20.6 Å². The van der Waals surface area contributed by atoms with E-state index < -0.39 is 35.9 Å². The molecule has 4 aromatic carbocycles. The first-order valence-electron chi connectivity index (χ1n) is 15.8. The monoisotopic (exact) mass is 643 g/mol. The van der Waals surface area contributed by atoms with Crippen molar-refractivity contribution < 1.29 is 24.2 Å². The first-order valence-corrected chi connectivity index (χ1v) is 15.8. The first kappa shape index (κ1) is 32.1. The number of hydrogen-bond acceptors (Lipinski definition) is 6. The number of hydrogen-bond donors (Lipinski definition) is 6. The second-order valence-electron chi connectivity index (χ2n) is 11.8. The van der Waals surface area contributed by atoms with Gasteiger partial charge in [0.1, 0.15) is 24.4 Å². The molecule has 0 bridgehead atoms. The van der Waals surface area contributed by atoms with Gasteiger partial charge >= 0.3 is 5.97 Å². The number of phenolic OH excluding ortho intramolecular Hbond substituents is 1. The van der Waals surface area contributed by atoms with E-state index in [1.165, 1.54) is 12.1 Å². The van der Waals surface area contributed by atoms with Gasteiger partial charge in [-0.1, -0.05) is 78.9 Å². The summed E-state index contributed by atoms with van der Waals surface area (Å²) in [6, 6.07) is 28.0. The summed E-state index contributed by atoms with van der Waals surface area (Å²) in [4.78, 5) is 47.5. The third kappa shape index (κ3) is 7.73. The standard InChI is InChI=1S/C38H37N5O5/c39-31(19-26-21-40-32-12-6-4-10-29(26)32)36(45)42-34(20-27-22-41-33-13-7-5-11-30(27)33)37(46)43-35(18-24-14-16-28(44)17-15-24)38(47)48-23-25-8-2-1-3-9-25/h1-17,21-22,31,34-35,40-41,44H,18-20,23,39H2,(H,42,45)(H,43,46). The highest BCUT2D eigenvalue weighted by Crippen LogP contribution is 2.21. The summed E-state index contributed by atoms with van der Waals surface area (Å²) in [5.41, 5.74) is 11.5. The van der Waals surface area contributed by atoms with E-state index in [0.717, 1.165) is 38.5 Å². The number of aromatic amines is 2. The molecule has 7 N–H and O–H groups in total. The van der Waals surface area contributed by atoms with Crippen LogP contribution in [0, 0.1) is 0 Å². The highest BCUT2D eigenvalue weighted by molar-refractivity contribution is 5.93. The van der Waals surface area contributed by atoms with Gasteiger partial charge in [-0.15, -0.1) is 0 Å². The zero-order chi connectivity index (χ0) is 33.5. The molecule has 2 amide bonds. The Labute approximate surface area is 277 Å². The Hall–Kier alpha value is -5.87. The van der Waals surface area contributed by atoms with Crippen LogP contribution in [0.15, 0.2) is 116 Å². The Kier molecular flexibility index (Phi) is 9.83. The summed E-state index contributed by atoms with van der Waals surface area (Å²) in [5, 5.41) is 17.4. The Morgan fingerprint density at radius 3 is 1.85 bits per heavy atom. The van der Waals surface area contributed by atoms with E-state index in [9.17, 15) is 19.5 Å². The van der Waals surface area contributed by atoms with Crippen LogP contribution in [-0.2, 0) is 45.0 Å². The quantitative estimate of drug-likeness (QED) is 0.102. The van der Waals surface area contributed by atoms with Gasteiger partial charge < -0.3 is 36.2 Å². The van der Waals surface area contributed by atoms with Crippen molar-refractivity contribution in [3.8, 4) is 5.75 Å². The number of H-pyrrole nitrogens is 2. The molecule has 0 saturated carbocycles.